The second-order valence-electron chi connectivity index (χ2n) is 6.99. The Morgan fingerprint density at radius 1 is 1.17 bits per heavy atom. The van der Waals surface area contributed by atoms with Crippen molar-refractivity contribution in [2.75, 3.05) is 0 Å². The van der Waals surface area contributed by atoms with E-state index in [1.165, 1.54) is 19.3 Å². The van der Waals surface area contributed by atoms with E-state index in [0.29, 0.717) is 16.2 Å². The Kier molecular flexibility index (Phi) is 1.76. The molecule has 18 heavy (non-hydrogen) atoms. The molecule has 3 fully saturated rings. The minimum Gasteiger partial charge on any atom is -0.103 e. The van der Waals surface area contributed by atoms with Crippen LogP contribution in [0.15, 0.2) is 43.0 Å². The highest BCUT2D eigenvalue weighted by molar-refractivity contribution is 5.55. The molecule has 0 amide bonds. The van der Waals surface area contributed by atoms with Crippen LogP contribution in [0, 0.1) is 22.7 Å². The first kappa shape index (κ1) is 10.8. The summed E-state index contributed by atoms with van der Waals surface area (Å²) in [6.45, 7) is 9.07. The molecule has 0 aliphatic heterocycles. The SMILES string of the molecule is C=CC[C@]1(C)[C@@]2(C)[C@H]3CC[C@@H]3[C@]12c1ccccc1. The Balaban J connectivity index is 1.87. The van der Waals surface area contributed by atoms with Gasteiger partial charge in [-0.05, 0) is 47.5 Å². The van der Waals surface area contributed by atoms with Crippen LogP contribution in [0.4, 0.5) is 0 Å². The molecule has 3 aliphatic carbocycles. The van der Waals surface area contributed by atoms with Gasteiger partial charge < -0.3 is 0 Å². The number of hydrogen-bond donors (Lipinski definition) is 0. The summed E-state index contributed by atoms with van der Waals surface area (Å²) in [5, 5.41) is 0. The van der Waals surface area contributed by atoms with Crippen molar-refractivity contribution >= 4 is 0 Å². The van der Waals surface area contributed by atoms with Gasteiger partial charge in [-0.1, -0.05) is 50.3 Å². The van der Waals surface area contributed by atoms with Gasteiger partial charge in [0.05, 0.1) is 0 Å². The number of fused-ring (bicyclic) bond motifs is 4. The molecule has 0 unspecified atom stereocenters. The minimum absolute atomic E-state index is 0.453. The summed E-state index contributed by atoms with van der Waals surface area (Å²) in [7, 11) is 0. The highest BCUT2D eigenvalue weighted by Crippen LogP contribution is 2.97. The average molecular weight is 238 g/mol. The molecule has 0 spiro atoms. The molecule has 1 aromatic carbocycles. The first-order chi connectivity index (χ1) is 8.64. The van der Waals surface area contributed by atoms with Gasteiger partial charge in [-0.2, -0.15) is 0 Å². The zero-order valence-electron chi connectivity index (χ0n) is 11.4. The molecule has 5 atom stereocenters. The van der Waals surface area contributed by atoms with Gasteiger partial charge in [-0.3, -0.25) is 0 Å². The van der Waals surface area contributed by atoms with Crippen molar-refractivity contribution in [1.29, 1.82) is 0 Å². The largest absolute Gasteiger partial charge is 0.103 e. The lowest BCUT2D eigenvalue weighted by Crippen LogP contribution is -2.54. The molecule has 0 saturated heterocycles. The molecule has 3 aliphatic rings. The molecular formula is C18H22. The topological polar surface area (TPSA) is 0 Å². The molecule has 0 heterocycles. The van der Waals surface area contributed by atoms with Crippen molar-refractivity contribution in [3.63, 3.8) is 0 Å². The van der Waals surface area contributed by atoms with Crippen LogP contribution in [-0.2, 0) is 5.41 Å². The van der Waals surface area contributed by atoms with Crippen LogP contribution in [0.3, 0.4) is 0 Å². The van der Waals surface area contributed by atoms with Crippen LogP contribution in [0.2, 0.25) is 0 Å². The van der Waals surface area contributed by atoms with E-state index in [9.17, 15) is 0 Å². The average Bonchev–Trinajstić information content (AvgIpc) is 2.69. The fourth-order valence-electron chi connectivity index (χ4n) is 6.36. The lowest BCUT2D eigenvalue weighted by atomic mass is 9.46. The van der Waals surface area contributed by atoms with Crippen LogP contribution in [0.5, 0.6) is 0 Å². The molecule has 0 heteroatoms. The highest BCUT2D eigenvalue weighted by atomic mass is 15.0. The molecule has 94 valence electrons. The summed E-state index contributed by atoms with van der Waals surface area (Å²) < 4.78 is 0. The Morgan fingerprint density at radius 2 is 1.83 bits per heavy atom. The fraction of sp³-hybridized carbons (Fsp3) is 0.556. The van der Waals surface area contributed by atoms with Crippen molar-refractivity contribution in [1.82, 2.24) is 0 Å². The zero-order valence-corrected chi connectivity index (χ0v) is 11.4. The van der Waals surface area contributed by atoms with E-state index in [1.807, 2.05) is 0 Å². The Morgan fingerprint density at radius 3 is 2.39 bits per heavy atom. The summed E-state index contributed by atoms with van der Waals surface area (Å²) in [6, 6.07) is 11.3. The number of hydrogen-bond acceptors (Lipinski definition) is 0. The molecule has 0 bridgehead atoms. The summed E-state index contributed by atoms with van der Waals surface area (Å²) in [5.74, 6) is 1.94. The van der Waals surface area contributed by atoms with E-state index in [1.54, 1.807) is 5.56 Å². The van der Waals surface area contributed by atoms with Gasteiger partial charge in [-0.15, -0.1) is 6.58 Å². The monoisotopic (exact) mass is 238 g/mol. The van der Waals surface area contributed by atoms with Crippen LogP contribution < -0.4 is 0 Å². The molecule has 4 rings (SSSR count). The predicted octanol–water partition coefficient (Wildman–Crippen LogP) is 4.57. The van der Waals surface area contributed by atoms with Gasteiger partial charge in [0.15, 0.2) is 0 Å². The summed E-state index contributed by atoms with van der Waals surface area (Å²) in [6.07, 6.45) is 6.23. The highest BCUT2D eigenvalue weighted by Gasteiger charge is 2.95. The lowest BCUT2D eigenvalue weighted by molar-refractivity contribution is -0.0483. The van der Waals surface area contributed by atoms with Crippen molar-refractivity contribution in [3.05, 3.63) is 48.6 Å². The second kappa shape index (κ2) is 2.92. The van der Waals surface area contributed by atoms with Crippen molar-refractivity contribution in [2.24, 2.45) is 22.7 Å². The molecule has 0 aromatic heterocycles. The van der Waals surface area contributed by atoms with Crippen molar-refractivity contribution in [2.45, 2.75) is 38.5 Å². The van der Waals surface area contributed by atoms with E-state index in [-0.39, 0.29) is 0 Å². The molecule has 0 radical (unpaired) electrons. The molecule has 0 nitrogen and oxygen atoms in total. The first-order valence-electron chi connectivity index (χ1n) is 7.31. The molecule has 1 aromatic rings. The summed E-state index contributed by atoms with van der Waals surface area (Å²) >= 11 is 0. The predicted molar refractivity (Wildman–Crippen MR) is 75.4 cm³/mol. The number of benzene rings is 1. The van der Waals surface area contributed by atoms with Gasteiger partial charge in [0.25, 0.3) is 0 Å². The Labute approximate surface area is 110 Å². The zero-order chi connectivity index (χ0) is 12.6. The van der Waals surface area contributed by atoms with E-state index in [4.69, 9.17) is 0 Å². The quantitative estimate of drug-likeness (QED) is 0.677. The maximum atomic E-state index is 4.01. The van der Waals surface area contributed by atoms with E-state index in [2.05, 4.69) is 56.8 Å². The van der Waals surface area contributed by atoms with Gasteiger partial charge in [0.1, 0.15) is 0 Å². The maximum Gasteiger partial charge on any atom is 0.0108 e. The Bertz CT molecular complexity index is 516. The summed E-state index contributed by atoms with van der Waals surface area (Å²) in [5.41, 5.74) is 3.06. The van der Waals surface area contributed by atoms with E-state index in [0.717, 1.165) is 11.8 Å². The van der Waals surface area contributed by atoms with Crippen molar-refractivity contribution in [3.8, 4) is 0 Å². The van der Waals surface area contributed by atoms with Gasteiger partial charge >= 0.3 is 0 Å². The second-order valence-corrected chi connectivity index (χ2v) is 6.99. The Hall–Kier alpha value is -1.04. The minimum atomic E-state index is 0.453. The smallest absolute Gasteiger partial charge is 0.0108 e. The maximum absolute atomic E-state index is 4.01. The van der Waals surface area contributed by atoms with Crippen LogP contribution in [0.25, 0.3) is 0 Å². The van der Waals surface area contributed by atoms with Crippen LogP contribution in [0.1, 0.15) is 38.7 Å². The molecule has 0 N–H and O–H groups in total. The van der Waals surface area contributed by atoms with E-state index < -0.39 is 0 Å². The third-order valence-electron chi connectivity index (χ3n) is 7.13. The molecule has 3 saturated carbocycles. The number of allylic oxidation sites excluding steroid dienone is 1. The standard InChI is InChI=1S/C18H22/c1-4-12-16(2)17(3)14-10-11-15(14)18(16,17)13-8-6-5-7-9-13/h4-9,14-15H,1,10-12H2,2-3H3/t14-,15-,16+,17+,18+/m0/s1. The van der Waals surface area contributed by atoms with Crippen LogP contribution in [-0.4, -0.2) is 0 Å². The third-order valence-corrected chi connectivity index (χ3v) is 7.13. The van der Waals surface area contributed by atoms with Crippen molar-refractivity contribution < 1.29 is 0 Å². The van der Waals surface area contributed by atoms with Gasteiger partial charge in [-0.25, -0.2) is 0 Å². The lowest BCUT2D eigenvalue weighted by Gasteiger charge is -2.58. The van der Waals surface area contributed by atoms with Crippen LogP contribution >= 0.6 is 0 Å². The van der Waals surface area contributed by atoms with Gasteiger partial charge in [0.2, 0.25) is 0 Å². The number of rotatable bonds is 3. The molecular weight excluding hydrogens is 216 g/mol. The summed E-state index contributed by atoms with van der Waals surface area (Å²) in [4.78, 5) is 0. The third kappa shape index (κ3) is 0.735. The first-order valence-corrected chi connectivity index (χ1v) is 7.31. The van der Waals surface area contributed by atoms with Gasteiger partial charge in [0, 0.05) is 5.41 Å². The van der Waals surface area contributed by atoms with E-state index >= 15 is 0 Å². The fourth-order valence-corrected chi connectivity index (χ4v) is 6.36. The normalized spacial score (nSPS) is 51.4.